The minimum Gasteiger partial charge on any atom is -0.462 e. The zero-order chi connectivity index (χ0) is 13.5. The van der Waals surface area contributed by atoms with Crippen LogP contribution in [0.5, 0.6) is 0 Å². The second-order valence-electron chi connectivity index (χ2n) is 3.71. The summed E-state index contributed by atoms with van der Waals surface area (Å²) in [7, 11) is 0. The molecule has 1 heterocycles. The molecule has 4 nitrogen and oxygen atoms in total. The third kappa shape index (κ3) is 3.55. The lowest BCUT2D eigenvalue weighted by Crippen LogP contribution is -2.04. The lowest BCUT2D eigenvalue weighted by atomic mass is 10.3. The number of thioether (sulfide) groups is 1. The fourth-order valence-electron chi connectivity index (χ4n) is 1.47. The molecule has 3 N–H and O–H groups in total. The molecule has 102 valence electrons. The van der Waals surface area contributed by atoms with E-state index in [0.29, 0.717) is 17.2 Å². The van der Waals surface area contributed by atoms with Gasteiger partial charge < -0.3 is 15.8 Å². The molecule has 0 aliphatic rings. The molecule has 0 saturated heterocycles. The first-order chi connectivity index (χ1) is 8.65. The van der Waals surface area contributed by atoms with E-state index in [-0.39, 0.29) is 5.97 Å². The number of hydrogen-bond donors (Lipinski definition) is 2. The Balaban J connectivity index is 2.90. The number of esters is 1. The van der Waals surface area contributed by atoms with Crippen LogP contribution in [0.15, 0.2) is 4.90 Å². The molecule has 0 unspecified atom stereocenters. The van der Waals surface area contributed by atoms with Crippen molar-refractivity contribution in [3.63, 3.8) is 0 Å². The summed E-state index contributed by atoms with van der Waals surface area (Å²) in [5, 5.41) is 4.30. The normalized spacial score (nSPS) is 10.4. The number of rotatable bonds is 7. The number of anilines is 2. The number of nitrogen functional groups attached to an aromatic ring is 1. The van der Waals surface area contributed by atoms with E-state index >= 15 is 0 Å². The van der Waals surface area contributed by atoms with Crippen LogP contribution in [0.4, 0.5) is 10.7 Å². The van der Waals surface area contributed by atoms with E-state index in [0.717, 1.165) is 29.3 Å². The second kappa shape index (κ2) is 7.53. The van der Waals surface area contributed by atoms with Crippen LogP contribution >= 0.6 is 23.1 Å². The maximum Gasteiger partial charge on any atom is 0.350 e. The van der Waals surface area contributed by atoms with Crippen molar-refractivity contribution < 1.29 is 9.53 Å². The molecule has 0 atom stereocenters. The highest BCUT2D eigenvalue weighted by Crippen LogP contribution is 2.41. The van der Waals surface area contributed by atoms with Crippen LogP contribution in [0, 0.1) is 0 Å². The third-order valence-electron chi connectivity index (χ3n) is 2.38. The number of carbonyl (C=O) groups excluding carboxylic acids is 1. The Kier molecular flexibility index (Phi) is 6.35. The van der Waals surface area contributed by atoms with E-state index in [1.165, 1.54) is 11.3 Å². The Morgan fingerprint density at radius 1 is 1.50 bits per heavy atom. The predicted octanol–water partition coefficient (Wildman–Crippen LogP) is 3.44. The summed E-state index contributed by atoms with van der Waals surface area (Å²) in [6.45, 7) is 5.19. The summed E-state index contributed by atoms with van der Waals surface area (Å²) in [6, 6.07) is 0. The van der Waals surface area contributed by atoms with Gasteiger partial charge in [-0.05, 0) is 19.6 Å². The van der Waals surface area contributed by atoms with Crippen molar-refractivity contribution in [2.75, 3.05) is 30.5 Å². The van der Waals surface area contributed by atoms with E-state index in [9.17, 15) is 4.79 Å². The molecular weight excluding hydrogens is 268 g/mol. The van der Waals surface area contributed by atoms with E-state index in [2.05, 4.69) is 12.2 Å². The first-order valence-electron chi connectivity index (χ1n) is 6.02. The minimum atomic E-state index is -0.334. The highest BCUT2D eigenvalue weighted by atomic mass is 32.2. The molecule has 1 aromatic rings. The number of carbonyl (C=O) groups is 1. The smallest absolute Gasteiger partial charge is 0.350 e. The number of nitrogens with two attached hydrogens (primary N) is 1. The Morgan fingerprint density at radius 3 is 2.78 bits per heavy atom. The molecule has 0 bridgehead atoms. The molecule has 0 aliphatic carbocycles. The summed E-state index contributed by atoms with van der Waals surface area (Å²) in [5.41, 5.74) is 6.53. The molecule has 0 aliphatic heterocycles. The topological polar surface area (TPSA) is 64.3 Å². The largest absolute Gasteiger partial charge is 0.462 e. The van der Waals surface area contributed by atoms with Gasteiger partial charge in [0.2, 0.25) is 0 Å². The summed E-state index contributed by atoms with van der Waals surface area (Å²) in [5.74, 6) is -0.334. The van der Waals surface area contributed by atoms with Crippen molar-refractivity contribution >= 4 is 39.8 Å². The Bertz CT molecular complexity index is 405. The van der Waals surface area contributed by atoms with Crippen LogP contribution in [0.25, 0.3) is 0 Å². The van der Waals surface area contributed by atoms with E-state index in [1.54, 1.807) is 18.7 Å². The van der Waals surface area contributed by atoms with Gasteiger partial charge in [0.25, 0.3) is 0 Å². The Hall–Kier alpha value is -0.880. The first kappa shape index (κ1) is 15.2. The van der Waals surface area contributed by atoms with Gasteiger partial charge in [0.1, 0.15) is 9.88 Å². The maximum atomic E-state index is 11.7. The molecule has 6 heteroatoms. The molecule has 18 heavy (non-hydrogen) atoms. The number of nitrogens with one attached hydrogen (secondary N) is 1. The maximum absolute atomic E-state index is 11.7. The zero-order valence-electron chi connectivity index (χ0n) is 11.0. The van der Waals surface area contributed by atoms with Gasteiger partial charge in [-0.3, -0.25) is 0 Å². The first-order valence-corrected chi connectivity index (χ1v) is 8.07. The van der Waals surface area contributed by atoms with Crippen molar-refractivity contribution in [1.82, 2.24) is 0 Å². The number of hydrogen-bond acceptors (Lipinski definition) is 6. The fraction of sp³-hybridized carbons (Fsp3) is 0.583. The molecule has 0 spiro atoms. The number of ether oxygens (including phenoxy) is 1. The quantitative estimate of drug-likeness (QED) is 0.457. The van der Waals surface area contributed by atoms with Gasteiger partial charge in [0, 0.05) is 6.54 Å². The third-order valence-corrected chi connectivity index (χ3v) is 4.49. The fourth-order valence-corrected chi connectivity index (χ4v) is 3.43. The standard InChI is InChI=1S/C12H20N2O2S2/c1-4-6-7-14-11-9(17-3)8(13)10(18-11)12(15)16-5-2/h14H,4-7,13H2,1-3H3. The molecule has 0 fully saturated rings. The SMILES string of the molecule is CCCCNc1sc(C(=O)OCC)c(N)c1SC. The highest BCUT2D eigenvalue weighted by molar-refractivity contribution is 7.99. The Labute approximate surface area is 116 Å². The summed E-state index contributed by atoms with van der Waals surface area (Å²) < 4.78 is 5.00. The Morgan fingerprint density at radius 2 is 2.22 bits per heavy atom. The van der Waals surface area contributed by atoms with Crippen LogP contribution in [-0.4, -0.2) is 25.4 Å². The van der Waals surface area contributed by atoms with Gasteiger partial charge in [-0.15, -0.1) is 23.1 Å². The summed E-state index contributed by atoms with van der Waals surface area (Å²) >= 11 is 2.93. The van der Waals surface area contributed by atoms with Gasteiger partial charge in [0.05, 0.1) is 17.2 Å². The predicted molar refractivity (Wildman–Crippen MR) is 79.9 cm³/mol. The minimum absolute atomic E-state index is 0.334. The van der Waals surface area contributed by atoms with Crippen molar-refractivity contribution in [2.45, 2.75) is 31.6 Å². The van der Waals surface area contributed by atoms with Gasteiger partial charge in [-0.2, -0.15) is 0 Å². The van der Waals surface area contributed by atoms with E-state index in [1.807, 2.05) is 6.26 Å². The second-order valence-corrected chi connectivity index (χ2v) is 5.55. The molecule has 1 aromatic heterocycles. The summed E-state index contributed by atoms with van der Waals surface area (Å²) in [6.07, 6.45) is 4.19. The molecular formula is C12H20N2O2S2. The monoisotopic (exact) mass is 288 g/mol. The molecule has 0 aromatic carbocycles. The van der Waals surface area contributed by atoms with Gasteiger partial charge in [0.15, 0.2) is 0 Å². The molecule has 0 amide bonds. The zero-order valence-corrected chi connectivity index (χ0v) is 12.7. The van der Waals surface area contributed by atoms with Crippen molar-refractivity contribution in [1.29, 1.82) is 0 Å². The van der Waals surface area contributed by atoms with E-state index < -0.39 is 0 Å². The number of unbranched alkanes of at least 4 members (excludes halogenated alkanes) is 1. The average Bonchev–Trinajstić information content (AvgIpc) is 2.66. The van der Waals surface area contributed by atoms with Crippen molar-refractivity contribution in [2.24, 2.45) is 0 Å². The van der Waals surface area contributed by atoms with Gasteiger partial charge in [-0.25, -0.2) is 4.79 Å². The van der Waals surface area contributed by atoms with Crippen LogP contribution in [0.3, 0.4) is 0 Å². The van der Waals surface area contributed by atoms with Crippen molar-refractivity contribution in [3.05, 3.63) is 4.88 Å². The average molecular weight is 288 g/mol. The number of thiophene rings is 1. The molecule has 0 saturated carbocycles. The van der Waals surface area contributed by atoms with E-state index in [4.69, 9.17) is 10.5 Å². The lowest BCUT2D eigenvalue weighted by Gasteiger charge is -2.04. The highest BCUT2D eigenvalue weighted by Gasteiger charge is 2.21. The van der Waals surface area contributed by atoms with Crippen LogP contribution in [-0.2, 0) is 4.74 Å². The molecule has 0 radical (unpaired) electrons. The van der Waals surface area contributed by atoms with Crippen LogP contribution in [0.2, 0.25) is 0 Å². The van der Waals surface area contributed by atoms with Crippen molar-refractivity contribution in [3.8, 4) is 0 Å². The van der Waals surface area contributed by atoms with Gasteiger partial charge in [-0.1, -0.05) is 13.3 Å². The lowest BCUT2D eigenvalue weighted by molar-refractivity contribution is 0.0533. The summed E-state index contributed by atoms with van der Waals surface area (Å²) in [4.78, 5) is 13.2. The van der Waals surface area contributed by atoms with Crippen LogP contribution in [0.1, 0.15) is 36.4 Å². The van der Waals surface area contributed by atoms with Gasteiger partial charge >= 0.3 is 5.97 Å². The van der Waals surface area contributed by atoms with Crippen LogP contribution < -0.4 is 11.1 Å². The molecule has 1 rings (SSSR count).